The van der Waals surface area contributed by atoms with E-state index in [-0.39, 0.29) is 180 Å². The molecule has 0 unspecified atom stereocenters. The number of aromatic nitrogens is 8. The van der Waals surface area contributed by atoms with Crippen LogP contribution in [0.2, 0.25) is 40.2 Å². The molecule has 10 heterocycles. The molecule has 0 saturated carbocycles. The van der Waals surface area contributed by atoms with Crippen molar-refractivity contribution in [2.24, 2.45) is 17.6 Å². The average Bonchev–Trinajstić information content (AvgIpc) is 1.61. The fourth-order valence-electron chi connectivity index (χ4n) is 15.2. The first kappa shape index (κ1) is 114. The van der Waals surface area contributed by atoms with Crippen molar-refractivity contribution < 1.29 is 108 Å². The Hall–Kier alpha value is -12.4. The molecule has 0 bridgehead atoms. The van der Waals surface area contributed by atoms with Crippen molar-refractivity contribution in [1.82, 2.24) is 50.1 Å². The number of nitrogens with two attached hydrogens (primary N) is 1. The number of hydrogen-bond donors (Lipinski definition) is 6. The van der Waals surface area contributed by atoms with Crippen LogP contribution in [-0.4, -0.2) is 231 Å². The number of aliphatic hydroxyl groups excluding tert-OH is 1. The predicted molar refractivity (Wildman–Crippen MR) is 551 cm³/mol. The van der Waals surface area contributed by atoms with Gasteiger partial charge in [0.1, 0.15) is 75.1 Å². The number of nitrogens with zero attached hydrogens (tertiary/aromatic N) is 9. The molecule has 10 aromatic rings. The highest BCUT2D eigenvalue weighted by Crippen LogP contribution is 2.50. The number of ketones is 1. The fraction of sp³-hybridized carbons (Fsp3) is 0.300. The largest absolute Gasteiger partial charge is 0.495 e. The van der Waals surface area contributed by atoms with Crippen molar-refractivity contribution in [3.8, 4) is 46.0 Å². The lowest BCUT2D eigenvalue weighted by atomic mass is 9.90. The summed E-state index contributed by atoms with van der Waals surface area (Å²) in [5, 5.41) is 21.2. The van der Waals surface area contributed by atoms with Gasteiger partial charge in [0.2, 0.25) is 23.1 Å². The van der Waals surface area contributed by atoms with E-state index in [0.717, 1.165) is 18.9 Å². The lowest BCUT2D eigenvalue weighted by molar-refractivity contribution is -0.116. The van der Waals surface area contributed by atoms with E-state index in [9.17, 15) is 42.7 Å². The van der Waals surface area contributed by atoms with E-state index in [2.05, 4.69) is 74.3 Å². The normalized spacial score (nSPS) is 18.5. The van der Waals surface area contributed by atoms with Crippen molar-refractivity contribution in [3.05, 3.63) is 260 Å². The minimum Gasteiger partial charge on any atom is -0.495 e. The second kappa shape index (κ2) is 54.9. The van der Waals surface area contributed by atoms with Crippen LogP contribution in [0.3, 0.4) is 0 Å². The van der Waals surface area contributed by atoms with Gasteiger partial charge in [0.25, 0.3) is 23.6 Å². The van der Waals surface area contributed by atoms with Crippen molar-refractivity contribution in [2.75, 3.05) is 126 Å². The molecule has 4 amide bonds. The summed E-state index contributed by atoms with van der Waals surface area (Å²) in [7, 11) is 11.3. The minimum atomic E-state index is -0.738. The molecule has 4 fully saturated rings. The van der Waals surface area contributed by atoms with Crippen molar-refractivity contribution in [3.63, 3.8) is 0 Å². The number of ether oxygens (including phenoxy) is 12. The lowest BCUT2D eigenvalue weighted by Gasteiger charge is -2.36. The van der Waals surface area contributed by atoms with E-state index in [4.69, 9.17) is 167 Å². The highest BCUT2D eigenvalue weighted by atomic mass is 35.5. The Morgan fingerprint density at radius 1 is 0.432 bits per heavy atom. The Kier molecular flexibility index (Phi) is 42.8. The van der Waals surface area contributed by atoms with Crippen LogP contribution in [0.15, 0.2) is 148 Å². The van der Waals surface area contributed by atoms with Gasteiger partial charge in [-0.25, -0.2) is 57.4 Å². The van der Waals surface area contributed by atoms with Gasteiger partial charge in [0, 0.05) is 147 Å². The third kappa shape index (κ3) is 29.1. The van der Waals surface area contributed by atoms with Crippen LogP contribution in [0, 0.1) is 11.8 Å². The zero-order valence-electron chi connectivity index (χ0n) is 79.3. The summed E-state index contributed by atoms with van der Waals surface area (Å²) >= 11 is 54.8. The number of nitrogens with one attached hydrogen (secondary N) is 4. The maximum absolute atomic E-state index is 15.3. The quantitative estimate of drug-likeness (QED) is 0.0110. The smallest absolute Gasteiger partial charge is 0.261 e. The third-order valence-electron chi connectivity index (χ3n) is 22.9. The first-order chi connectivity index (χ1) is 70.1. The van der Waals surface area contributed by atoms with Gasteiger partial charge in [-0.3, -0.25) is 39.0 Å². The number of methoxy groups -OCH3 is 8. The molecule has 0 aliphatic carbocycles. The lowest BCUT2D eigenvalue weighted by Crippen LogP contribution is -2.54. The van der Waals surface area contributed by atoms with Gasteiger partial charge in [0.15, 0.2) is 5.78 Å². The zero-order chi connectivity index (χ0) is 106. The number of allylic oxidation sites excluding steroid dienone is 2. The van der Waals surface area contributed by atoms with Gasteiger partial charge in [0.05, 0.1) is 198 Å². The molecule has 0 radical (unpaired) electrons. The van der Waals surface area contributed by atoms with Crippen LogP contribution in [0.5, 0.6) is 46.0 Å². The van der Waals surface area contributed by atoms with Gasteiger partial charge in [-0.1, -0.05) is 130 Å². The van der Waals surface area contributed by atoms with E-state index < -0.39 is 46.7 Å². The number of fused-ring (bicyclic) bond motifs is 2. The van der Waals surface area contributed by atoms with E-state index >= 15 is 8.78 Å². The van der Waals surface area contributed by atoms with Gasteiger partial charge in [-0.15, -0.1) is 0 Å². The molecule has 772 valence electrons. The summed E-state index contributed by atoms with van der Waals surface area (Å²) in [6, 6.07) is 18.2. The molecular weight excluding hydrogens is 2100 g/mol. The average molecular weight is 2190 g/mol. The van der Waals surface area contributed by atoms with Crippen LogP contribution in [-0.2, 0) is 35.0 Å². The number of benzene rings is 6. The van der Waals surface area contributed by atoms with E-state index in [1.54, 1.807) is 48.5 Å². The maximum atomic E-state index is 15.3. The van der Waals surface area contributed by atoms with Gasteiger partial charge >= 0.3 is 0 Å². The standard InChI is InChI=1S/C27H23Cl2FN4O5.C23H24Cl2FN3O4.C20H22Cl2FN3O3.C19H20Cl2FN3O4.C8H5NO2.C3H3ClO/c1-37-20-10-21(38-2)24(29)22(23(20)28)17(30)9-14-11-31-27(32-12-14)33-18-13-39-8-7-19(18)34-25(35)15-5-3-4-6-16(15)26(34)36;1-4-15(30)8-14-5-6-33-12-17(14)29-23-27-10-13(11-28-23)7-16(26)20-21(24)18(31-2)9-19(32-3)22(20)25;1-27-15-7-16(28-2)20(22)18(19(15)21)13(23)5-11-8-25-17(26-9-11)6-12-10-29-4-3-14(12)24;1-27-14-6-15(28-2)18(21)16(17(14)20)11(22)5-10-7-23-19(24-8-10)25-12-9-29-4-3-13(12)26;10-7-5-3-1-2-4-6(5)8(11)9-7;1-2-3(4)5/h3-6,9-12,18-19H,7-8,13H2,1-2H3,(H,31,32,33);4,7,9-11,14,17H,1,5-6,8,12H2,2-3H3,(H,27,28,29);5,7-9,12,14H,3-4,6,10,24H2,1-2H3;5-8,12-13,26H,3-4,9H2,1-2H3,(H,23,24,25);1-4H,(H,9,10,11);2H,1H2/b17-9-;16-7-;13-5-;11-5-;;/t18-,19+;14-,17-;12-,14+;12-,13-;;/m0100../s1. The Labute approximate surface area is 881 Å². The fourth-order valence-corrected chi connectivity index (χ4v) is 17.9. The number of amides is 4. The van der Waals surface area contributed by atoms with Crippen molar-refractivity contribution >= 4 is 205 Å². The van der Waals surface area contributed by atoms with E-state index in [0.29, 0.717) is 134 Å². The van der Waals surface area contributed by atoms with Gasteiger partial charge < -0.3 is 83.6 Å². The molecular formula is C100H97Cl9F4N14O19. The van der Waals surface area contributed by atoms with E-state index in [1.807, 2.05) is 0 Å². The highest BCUT2D eigenvalue weighted by molar-refractivity contribution is 6.66. The van der Waals surface area contributed by atoms with Crippen LogP contribution < -0.4 is 64.9 Å². The number of imide groups is 2. The van der Waals surface area contributed by atoms with Crippen LogP contribution in [0.25, 0.3) is 47.6 Å². The number of anilines is 3. The summed E-state index contributed by atoms with van der Waals surface area (Å²) in [5.41, 5.74) is 9.22. The number of carbonyl (C=O) groups is 6. The van der Waals surface area contributed by atoms with E-state index in [1.165, 1.54) is 166 Å². The molecule has 7 N–H and O–H groups in total. The Balaban J connectivity index is 0.000000177. The molecule has 146 heavy (non-hydrogen) atoms. The van der Waals surface area contributed by atoms with Crippen molar-refractivity contribution in [1.29, 1.82) is 0 Å². The molecule has 8 atom stereocenters. The number of carbonyl (C=O) groups excluding carboxylic acids is 6. The summed E-state index contributed by atoms with van der Waals surface area (Å²) in [6.45, 7) is 10.4. The van der Waals surface area contributed by atoms with Crippen LogP contribution in [0.1, 0.15) is 124 Å². The summed E-state index contributed by atoms with van der Waals surface area (Å²) < 4.78 is 124. The van der Waals surface area contributed by atoms with Crippen molar-refractivity contribution in [2.45, 2.75) is 74.8 Å². The summed E-state index contributed by atoms with van der Waals surface area (Å²) in [4.78, 5) is 104. The molecule has 4 saturated heterocycles. The monoisotopic (exact) mass is 2190 g/mol. The molecule has 33 nitrogen and oxygen atoms in total. The molecule has 6 aliphatic heterocycles. The molecule has 46 heteroatoms. The third-order valence-corrected chi connectivity index (χ3v) is 26.0. The Morgan fingerprint density at radius 2 is 0.726 bits per heavy atom. The number of hydrogen-bond acceptors (Lipinski definition) is 31. The zero-order valence-corrected chi connectivity index (χ0v) is 86.1. The first-order valence-electron chi connectivity index (χ1n) is 44.3. The second-order valence-corrected chi connectivity index (χ2v) is 35.4. The number of rotatable bonds is 29. The SMILES string of the molecule is C=CC(=O)C[C@H]1CCOC[C@H]1Nc1ncc(/C=C(\F)c2c(Cl)c(OC)cc(OC)c2Cl)cn1.C=CC(=O)Cl.COc1cc(OC)c(Cl)c(/C(F)=C/c2cnc(C[C@H]3COCC[C@H]3N)nc2)c1Cl.COc1cc(OC)c(Cl)c(/C(F)=C/c2cnc(N[C@H]3COCC[C@@H]3O)nc2)c1Cl.COc1cc(OC)c(Cl)c(/C(F)=C/c2cnc(N[C@H]3COCC[C@H]3N3C(=O)c4ccccc4C3=O)nc2)c1Cl.O=C1NC(=O)c2ccccc21. The Bertz CT molecular complexity index is 6190. The summed E-state index contributed by atoms with van der Waals surface area (Å²) in [5.74, 6) is -0.487. The molecule has 4 aromatic heterocycles. The minimum absolute atomic E-state index is 0.00671. The van der Waals surface area contributed by atoms with Gasteiger partial charge in [-0.05, 0) is 104 Å². The molecule has 6 aromatic carbocycles. The molecule has 6 aliphatic rings. The first-order valence-corrected chi connectivity index (χ1v) is 47.7. The van der Waals surface area contributed by atoms with Gasteiger partial charge in [-0.2, -0.15) is 0 Å². The maximum Gasteiger partial charge on any atom is 0.261 e. The number of aliphatic hydroxyl groups is 1. The van der Waals surface area contributed by atoms with Crippen LogP contribution in [0.4, 0.5) is 35.4 Å². The predicted octanol–water partition coefficient (Wildman–Crippen LogP) is 19.9. The van der Waals surface area contributed by atoms with Crippen LogP contribution >= 0.6 is 104 Å². The molecule has 0 spiro atoms. The highest BCUT2D eigenvalue weighted by Gasteiger charge is 2.45. The Morgan fingerprint density at radius 3 is 1.05 bits per heavy atom. The second-order valence-electron chi connectivity index (χ2n) is 32.0. The molecule has 16 rings (SSSR count). The topological polar surface area (TPSA) is 414 Å². The summed E-state index contributed by atoms with van der Waals surface area (Å²) in [6.07, 6.45) is 21.9. The number of halogens is 13.